The predicted octanol–water partition coefficient (Wildman–Crippen LogP) is 0.692. The van der Waals surface area contributed by atoms with Crippen LogP contribution >= 0.6 is 0 Å². The van der Waals surface area contributed by atoms with E-state index >= 15 is 0 Å². The Labute approximate surface area is 100 Å². The lowest BCUT2D eigenvalue weighted by Gasteiger charge is -2.05. The molecule has 1 aromatic carbocycles. The summed E-state index contributed by atoms with van der Waals surface area (Å²) in [4.78, 5) is 15.3. The van der Waals surface area contributed by atoms with Crippen molar-refractivity contribution in [2.75, 3.05) is 11.9 Å². The van der Waals surface area contributed by atoms with Crippen molar-refractivity contribution in [3.63, 3.8) is 0 Å². The number of carbonyl (C=O) groups is 1. The number of hydrogen-bond donors (Lipinski definition) is 3. The maximum atomic E-state index is 11.3. The summed E-state index contributed by atoms with van der Waals surface area (Å²) in [6, 6.07) is 9.84. The smallest absolute Gasteiger partial charge is 0.242 e. The topological polar surface area (TPSA) is 79.5 Å². The molecule has 0 bridgehead atoms. The third kappa shape index (κ3) is 4.14. The molecule has 1 amide bonds. The van der Waals surface area contributed by atoms with Gasteiger partial charge in [-0.3, -0.25) is 4.79 Å². The maximum absolute atomic E-state index is 11.3. The molecule has 0 spiro atoms. The number of benzene rings is 1. The summed E-state index contributed by atoms with van der Waals surface area (Å²) in [5.74, 6) is 0.174. The van der Waals surface area contributed by atoms with Crippen molar-refractivity contribution in [1.29, 1.82) is 0 Å². The fraction of sp³-hybridized carbons (Fsp3) is 0.333. The Bertz CT molecular complexity index is 412. The van der Waals surface area contributed by atoms with Gasteiger partial charge in [-0.1, -0.05) is 18.2 Å². The monoisotopic (exact) mass is 232 g/mol. The van der Waals surface area contributed by atoms with Gasteiger partial charge in [0.2, 0.25) is 5.91 Å². The summed E-state index contributed by atoms with van der Waals surface area (Å²) >= 11 is 0. The number of amides is 1. The Balaban J connectivity index is 1.78. The van der Waals surface area contributed by atoms with E-state index in [0.29, 0.717) is 6.04 Å². The predicted molar refractivity (Wildman–Crippen MR) is 67.7 cm³/mol. The van der Waals surface area contributed by atoms with Gasteiger partial charge < -0.3 is 16.4 Å². The third-order valence-corrected chi connectivity index (χ3v) is 2.38. The Kier molecular flexibility index (Phi) is 3.59. The first-order valence-electron chi connectivity index (χ1n) is 5.65. The van der Waals surface area contributed by atoms with Crippen molar-refractivity contribution in [3.8, 4) is 0 Å². The number of nitrogens with one attached hydrogen (secondary N) is 2. The molecule has 0 unspecified atom stereocenters. The Morgan fingerprint density at radius 3 is 2.71 bits per heavy atom. The lowest BCUT2D eigenvalue weighted by atomic mass is 10.3. The average molecular weight is 232 g/mol. The van der Waals surface area contributed by atoms with Crippen LogP contribution in [-0.2, 0) is 4.79 Å². The molecule has 1 aromatic rings. The van der Waals surface area contributed by atoms with Gasteiger partial charge in [0, 0.05) is 11.7 Å². The van der Waals surface area contributed by atoms with E-state index < -0.39 is 0 Å². The van der Waals surface area contributed by atoms with Crippen LogP contribution in [0.5, 0.6) is 0 Å². The molecule has 0 radical (unpaired) electrons. The number of nitrogens with zero attached hydrogens (tertiary/aromatic N) is 1. The summed E-state index contributed by atoms with van der Waals surface area (Å²) in [7, 11) is 0. The standard InChI is InChI=1S/C12H16N4O/c13-12(16-9-4-2-1-3-5-9)14-8-11(17)15-10-6-7-10/h1-5,10H,6-8H2,(H,15,17)(H3,13,14,16). The fourth-order valence-electron chi connectivity index (χ4n) is 1.37. The molecule has 0 aromatic heterocycles. The average Bonchev–Trinajstić information content (AvgIpc) is 3.12. The van der Waals surface area contributed by atoms with E-state index in [2.05, 4.69) is 15.6 Å². The van der Waals surface area contributed by atoms with Crippen LogP contribution in [0.1, 0.15) is 12.8 Å². The van der Waals surface area contributed by atoms with Gasteiger partial charge in [-0.15, -0.1) is 0 Å². The zero-order chi connectivity index (χ0) is 12.1. The molecule has 0 aliphatic heterocycles. The lowest BCUT2D eigenvalue weighted by molar-refractivity contribution is -0.119. The lowest BCUT2D eigenvalue weighted by Crippen LogP contribution is -2.30. The summed E-state index contributed by atoms with van der Waals surface area (Å²) in [6.45, 7) is 0.0716. The fourth-order valence-corrected chi connectivity index (χ4v) is 1.37. The highest BCUT2D eigenvalue weighted by molar-refractivity contribution is 5.93. The number of aliphatic imine (C=N–C) groups is 1. The number of carbonyl (C=O) groups excluding carboxylic acids is 1. The normalized spacial score (nSPS) is 15.4. The van der Waals surface area contributed by atoms with Gasteiger partial charge in [0.1, 0.15) is 6.54 Å². The minimum atomic E-state index is -0.0784. The number of anilines is 1. The molecular weight excluding hydrogens is 216 g/mol. The number of rotatable bonds is 4. The minimum Gasteiger partial charge on any atom is -0.370 e. The summed E-state index contributed by atoms with van der Waals surface area (Å²) < 4.78 is 0. The van der Waals surface area contributed by atoms with Gasteiger partial charge in [-0.05, 0) is 25.0 Å². The molecule has 0 heterocycles. The largest absolute Gasteiger partial charge is 0.370 e. The molecule has 1 fully saturated rings. The van der Waals surface area contributed by atoms with Crippen LogP contribution < -0.4 is 16.4 Å². The van der Waals surface area contributed by atoms with Crippen molar-refractivity contribution in [1.82, 2.24) is 5.32 Å². The second kappa shape index (κ2) is 5.34. The van der Waals surface area contributed by atoms with Crippen molar-refractivity contribution in [2.45, 2.75) is 18.9 Å². The number of hydrogen-bond acceptors (Lipinski definition) is 2. The molecule has 0 saturated heterocycles. The van der Waals surface area contributed by atoms with Gasteiger partial charge in [0.15, 0.2) is 5.96 Å². The zero-order valence-electron chi connectivity index (χ0n) is 9.52. The minimum absolute atomic E-state index is 0.0716. The maximum Gasteiger partial charge on any atom is 0.242 e. The van der Waals surface area contributed by atoms with Crippen molar-refractivity contribution in [2.24, 2.45) is 10.7 Å². The Morgan fingerprint density at radius 2 is 2.06 bits per heavy atom. The van der Waals surface area contributed by atoms with Gasteiger partial charge in [0.05, 0.1) is 0 Å². The van der Waals surface area contributed by atoms with Gasteiger partial charge in [-0.2, -0.15) is 0 Å². The van der Waals surface area contributed by atoms with Crippen LogP contribution in [0.15, 0.2) is 35.3 Å². The highest BCUT2D eigenvalue weighted by Gasteiger charge is 2.22. The van der Waals surface area contributed by atoms with E-state index in [1.54, 1.807) is 0 Å². The van der Waals surface area contributed by atoms with Crippen LogP contribution in [-0.4, -0.2) is 24.5 Å². The van der Waals surface area contributed by atoms with Crippen molar-refractivity contribution < 1.29 is 4.79 Å². The Hall–Kier alpha value is -2.04. The summed E-state index contributed by atoms with van der Waals surface area (Å²) in [6.07, 6.45) is 2.15. The van der Waals surface area contributed by atoms with E-state index in [1.165, 1.54) is 0 Å². The molecular formula is C12H16N4O. The molecule has 90 valence electrons. The molecule has 5 heteroatoms. The molecule has 4 N–H and O–H groups in total. The summed E-state index contributed by atoms with van der Waals surface area (Å²) in [5.41, 5.74) is 6.52. The van der Waals surface area contributed by atoms with Crippen molar-refractivity contribution in [3.05, 3.63) is 30.3 Å². The highest BCUT2D eigenvalue weighted by atomic mass is 16.1. The summed E-state index contributed by atoms with van der Waals surface area (Å²) in [5, 5.41) is 5.76. The number of nitrogens with two attached hydrogens (primary N) is 1. The van der Waals surface area contributed by atoms with Gasteiger partial charge >= 0.3 is 0 Å². The van der Waals surface area contributed by atoms with E-state index in [4.69, 9.17) is 5.73 Å². The Morgan fingerprint density at radius 1 is 1.35 bits per heavy atom. The first-order valence-corrected chi connectivity index (χ1v) is 5.65. The number of guanidine groups is 1. The molecule has 17 heavy (non-hydrogen) atoms. The molecule has 2 rings (SSSR count). The second-order valence-electron chi connectivity index (χ2n) is 4.03. The van der Waals surface area contributed by atoms with Crippen LogP contribution in [0.25, 0.3) is 0 Å². The van der Waals surface area contributed by atoms with E-state index in [-0.39, 0.29) is 18.4 Å². The molecule has 1 saturated carbocycles. The van der Waals surface area contributed by atoms with Crippen molar-refractivity contribution >= 4 is 17.6 Å². The first kappa shape index (κ1) is 11.4. The molecule has 0 atom stereocenters. The van der Waals surface area contributed by atoms with Crippen LogP contribution in [0.4, 0.5) is 5.69 Å². The molecule has 1 aliphatic carbocycles. The molecule has 5 nitrogen and oxygen atoms in total. The number of para-hydroxylation sites is 1. The molecule has 1 aliphatic rings. The quantitative estimate of drug-likeness (QED) is 0.528. The van der Waals surface area contributed by atoms with Gasteiger partial charge in [0.25, 0.3) is 0 Å². The third-order valence-electron chi connectivity index (χ3n) is 2.38. The second-order valence-corrected chi connectivity index (χ2v) is 4.03. The van der Waals surface area contributed by atoms with E-state index in [0.717, 1.165) is 18.5 Å². The van der Waals surface area contributed by atoms with Crippen LogP contribution in [0.3, 0.4) is 0 Å². The zero-order valence-corrected chi connectivity index (χ0v) is 9.52. The van der Waals surface area contributed by atoms with Crippen LogP contribution in [0, 0.1) is 0 Å². The SMILES string of the molecule is NC(=NCC(=O)NC1CC1)Nc1ccccc1. The highest BCUT2D eigenvalue weighted by Crippen LogP contribution is 2.18. The van der Waals surface area contributed by atoms with Crippen LogP contribution in [0.2, 0.25) is 0 Å². The van der Waals surface area contributed by atoms with E-state index in [9.17, 15) is 4.79 Å². The van der Waals surface area contributed by atoms with Gasteiger partial charge in [-0.25, -0.2) is 4.99 Å². The first-order chi connectivity index (χ1) is 8.24. The van der Waals surface area contributed by atoms with E-state index in [1.807, 2.05) is 30.3 Å².